The zero-order valence-electron chi connectivity index (χ0n) is 28.6. The average molecular weight is 651 g/mol. The van der Waals surface area contributed by atoms with Gasteiger partial charge in [-0.25, -0.2) is 0 Å². The molecule has 5 rings (SSSR count). The van der Waals surface area contributed by atoms with Crippen LogP contribution in [-0.4, -0.2) is 100 Å². The second-order valence-corrected chi connectivity index (χ2v) is 14.2. The highest BCUT2D eigenvalue weighted by molar-refractivity contribution is 5.33. The summed E-state index contributed by atoms with van der Waals surface area (Å²) in [4.78, 5) is 4.19. The van der Waals surface area contributed by atoms with Crippen molar-refractivity contribution in [3.05, 3.63) is 95.6 Å². The van der Waals surface area contributed by atoms with Crippen molar-refractivity contribution >= 4 is 0 Å². The molecule has 0 radical (unpaired) electrons. The van der Waals surface area contributed by atoms with Gasteiger partial charge in [0.2, 0.25) is 0 Å². The number of likely N-dealkylation sites (N-methyl/N-ethyl adjacent to an activating group) is 2. The molecular weight excluding hydrogens is 592 g/mol. The van der Waals surface area contributed by atoms with Crippen LogP contribution in [0.3, 0.4) is 0 Å². The molecule has 3 aromatic carbocycles. The predicted molar refractivity (Wildman–Crippen MR) is 189 cm³/mol. The lowest BCUT2D eigenvalue weighted by molar-refractivity contribution is -0.0556. The summed E-state index contributed by atoms with van der Waals surface area (Å²) < 4.78 is 5.89. The first kappa shape index (κ1) is 36.8. The van der Waals surface area contributed by atoms with Crippen LogP contribution in [0, 0.1) is 0 Å². The number of ether oxygens (including phenoxy) is 1. The van der Waals surface area contributed by atoms with E-state index in [-0.39, 0.29) is 31.2 Å². The SMILES string of the molecule is CN(C)CC(c1ccc(O)cc1)C1(O)CCC(O)CC1.CN(C)CC(c1ccc(OCc2ccccc2)cc1)C1(O)CCC(O)CC1.[HH]. The number of aliphatic hydroxyl groups is 4. The molecule has 0 amide bonds. The zero-order chi connectivity index (χ0) is 34.0. The highest BCUT2D eigenvalue weighted by Crippen LogP contribution is 2.42. The molecule has 2 saturated carbocycles. The summed E-state index contributed by atoms with van der Waals surface area (Å²) in [6.45, 7) is 2.07. The number of hydrogen-bond acceptors (Lipinski definition) is 8. The number of phenols is 1. The molecule has 8 heteroatoms. The molecule has 2 atom stereocenters. The summed E-state index contributed by atoms with van der Waals surface area (Å²) in [7, 11) is 8.06. The summed E-state index contributed by atoms with van der Waals surface area (Å²) in [5, 5.41) is 51.2. The van der Waals surface area contributed by atoms with E-state index in [2.05, 4.69) is 34.1 Å². The number of rotatable bonds is 11. The zero-order valence-corrected chi connectivity index (χ0v) is 28.6. The van der Waals surface area contributed by atoms with Crippen molar-refractivity contribution in [2.75, 3.05) is 41.3 Å². The smallest absolute Gasteiger partial charge is 0.119 e. The molecule has 0 heterocycles. The first-order valence-electron chi connectivity index (χ1n) is 17.0. The number of phenolic OH excluding ortho intramolecular Hbond substituents is 1. The molecule has 5 N–H and O–H groups in total. The van der Waals surface area contributed by atoms with Gasteiger partial charge in [-0.2, -0.15) is 0 Å². The van der Waals surface area contributed by atoms with Crippen LogP contribution in [0.25, 0.3) is 0 Å². The monoisotopic (exact) mass is 650 g/mol. The molecular formula is C39H58N2O6. The molecule has 0 bridgehead atoms. The Hall–Kier alpha value is -2.98. The van der Waals surface area contributed by atoms with E-state index < -0.39 is 11.2 Å². The van der Waals surface area contributed by atoms with Gasteiger partial charge >= 0.3 is 0 Å². The van der Waals surface area contributed by atoms with E-state index in [1.807, 2.05) is 70.7 Å². The fourth-order valence-electron chi connectivity index (χ4n) is 7.05. The van der Waals surface area contributed by atoms with Gasteiger partial charge in [0.05, 0.1) is 23.4 Å². The Bertz CT molecular complexity index is 1320. The van der Waals surface area contributed by atoms with Crippen molar-refractivity contribution in [3.8, 4) is 11.5 Å². The first-order chi connectivity index (χ1) is 22.4. The van der Waals surface area contributed by atoms with Crippen LogP contribution in [-0.2, 0) is 6.61 Å². The van der Waals surface area contributed by atoms with E-state index in [1.54, 1.807) is 12.1 Å². The molecule has 0 saturated heterocycles. The quantitative estimate of drug-likeness (QED) is 0.184. The number of hydrogen-bond donors (Lipinski definition) is 5. The molecule has 8 nitrogen and oxygen atoms in total. The topological polar surface area (TPSA) is 117 Å². The van der Waals surface area contributed by atoms with Crippen LogP contribution in [0.15, 0.2) is 78.9 Å². The molecule has 0 spiro atoms. The van der Waals surface area contributed by atoms with Gasteiger partial charge in [0.1, 0.15) is 18.1 Å². The highest BCUT2D eigenvalue weighted by atomic mass is 16.5. The van der Waals surface area contributed by atoms with Gasteiger partial charge in [0.15, 0.2) is 0 Å². The lowest BCUT2D eigenvalue weighted by atomic mass is 9.72. The molecule has 2 unspecified atom stereocenters. The van der Waals surface area contributed by atoms with E-state index in [0.717, 1.165) is 35.5 Å². The van der Waals surface area contributed by atoms with Gasteiger partial charge in [-0.15, -0.1) is 0 Å². The Morgan fingerprint density at radius 1 is 0.660 bits per heavy atom. The van der Waals surface area contributed by atoms with Crippen LogP contribution in [0.4, 0.5) is 0 Å². The summed E-state index contributed by atoms with van der Waals surface area (Å²) in [6.07, 6.45) is 4.59. The summed E-state index contributed by atoms with van der Waals surface area (Å²) in [6, 6.07) is 25.3. The van der Waals surface area contributed by atoms with Gasteiger partial charge in [0, 0.05) is 26.4 Å². The van der Waals surface area contributed by atoms with Crippen molar-refractivity contribution in [2.45, 2.75) is 93.2 Å². The summed E-state index contributed by atoms with van der Waals surface area (Å²) in [5.74, 6) is 1.08. The number of nitrogens with zero attached hydrogens (tertiary/aromatic N) is 2. The van der Waals surface area contributed by atoms with E-state index in [4.69, 9.17) is 4.74 Å². The fraction of sp³-hybridized carbons (Fsp3) is 0.538. The van der Waals surface area contributed by atoms with Crippen molar-refractivity contribution in [1.29, 1.82) is 0 Å². The number of aliphatic hydroxyl groups excluding tert-OH is 2. The first-order valence-corrected chi connectivity index (χ1v) is 17.0. The second kappa shape index (κ2) is 16.9. The summed E-state index contributed by atoms with van der Waals surface area (Å²) in [5.41, 5.74) is 1.75. The molecule has 0 aromatic heterocycles. The van der Waals surface area contributed by atoms with Gasteiger partial charge < -0.3 is 40.1 Å². The van der Waals surface area contributed by atoms with Crippen molar-refractivity contribution in [1.82, 2.24) is 9.80 Å². The van der Waals surface area contributed by atoms with Crippen LogP contribution in [0.2, 0.25) is 0 Å². The van der Waals surface area contributed by atoms with Gasteiger partial charge in [0.25, 0.3) is 0 Å². The maximum Gasteiger partial charge on any atom is 0.119 e. The van der Waals surface area contributed by atoms with E-state index in [1.165, 1.54) is 0 Å². The minimum Gasteiger partial charge on any atom is -0.508 e. The Balaban J connectivity index is 0.000000266. The van der Waals surface area contributed by atoms with Crippen molar-refractivity contribution in [2.24, 2.45) is 0 Å². The molecule has 2 aliphatic rings. The number of aromatic hydroxyl groups is 1. The maximum atomic E-state index is 11.3. The minimum absolute atomic E-state index is 0. The molecule has 47 heavy (non-hydrogen) atoms. The minimum atomic E-state index is -0.777. The molecule has 0 aliphatic heterocycles. The largest absolute Gasteiger partial charge is 0.508 e. The van der Waals surface area contributed by atoms with Crippen LogP contribution < -0.4 is 4.74 Å². The molecule has 2 aliphatic carbocycles. The van der Waals surface area contributed by atoms with Gasteiger partial charge in [-0.1, -0.05) is 54.6 Å². The van der Waals surface area contributed by atoms with Crippen molar-refractivity contribution < 1.29 is 31.7 Å². The maximum absolute atomic E-state index is 11.3. The van der Waals surface area contributed by atoms with E-state index in [9.17, 15) is 25.5 Å². The molecule has 2 fully saturated rings. The Morgan fingerprint density at radius 2 is 1.06 bits per heavy atom. The number of benzene rings is 3. The van der Waals surface area contributed by atoms with Crippen LogP contribution in [0.5, 0.6) is 11.5 Å². The van der Waals surface area contributed by atoms with Crippen LogP contribution in [0.1, 0.15) is 81.3 Å². The second-order valence-electron chi connectivity index (χ2n) is 14.2. The van der Waals surface area contributed by atoms with E-state index >= 15 is 0 Å². The third kappa shape index (κ3) is 10.8. The fourth-order valence-corrected chi connectivity index (χ4v) is 7.05. The average Bonchev–Trinajstić information content (AvgIpc) is 3.06. The normalized spacial score (nSPS) is 25.9. The summed E-state index contributed by atoms with van der Waals surface area (Å²) >= 11 is 0. The third-order valence-electron chi connectivity index (χ3n) is 9.86. The molecule has 260 valence electrons. The highest BCUT2D eigenvalue weighted by Gasteiger charge is 2.42. The Morgan fingerprint density at radius 3 is 1.47 bits per heavy atom. The van der Waals surface area contributed by atoms with Gasteiger partial charge in [-0.05, 0) is 121 Å². The standard InChI is InChI=1S/C23H31NO3.C16H25NO3.H2/c1-24(2)16-22(23(26)14-12-20(25)13-15-23)19-8-10-21(11-9-19)27-17-18-6-4-3-5-7-18;1-17(2)11-15(12-3-5-13(18)6-4-12)16(20)9-7-14(19)8-10-16;/h3-11,20,22,25-26H,12-17H2,1-2H3;3-6,14-15,18-20H,7-11H2,1-2H3;1H. The lowest BCUT2D eigenvalue weighted by Crippen LogP contribution is -2.45. The molecule has 3 aromatic rings. The lowest BCUT2D eigenvalue weighted by Gasteiger charge is -2.42. The van der Waals surface area contributed by atoms with Gasteiger partial charge in [-0.3, -0.25) is 0 Å². The predicted octanol–water partition coefficient (Wildman–Crippen LogP) is 5.53. The van der Waals surface area contributed by atoms with Crippen LogP contribution >= 0.6 is 0 Å². The Kier molecular flexibility index (Phi) is 13.3. The van der Waals surface area contributed by atoms with E-state index in [0.29, 0.717) is 58.0 Å². The Labute approximate surface area is 282 Å². The third-order valence-corrected chi connectivity index (χ3v) is 9.86. The van der Waals surface area contributed by atoms with Crippen molar-refractivity contribution in [3.63, 3.8) is 0 Å².